The minimum Gasteiger partial charge on any atom is -0.482 e. The van der Waals surface area contributed by atoms with Gasteiger partial charge in [-0.3, -0.25) is 4.79 Å². The average Bonchev–Trinajstić information content (AvgIpc) is 2.85. The summed E-state index contributed by atoms with van der Waals surface area (Å²) in [6, 6.07) is 8.81. The van der Waals surface area contributed by atoms with Crippen molar-refractivity contribution in [3.63, 3.8) is 0 Å². The van der Waals surface area contributed by atoms with Gasteiger partial charge in [-0.1, -0.05) is 12.1 Å². The van der Waals surface area contributed by atoms with Gasteiger partial charge in [0.15, 0.2) is 17.0 Å². The normalized spacial score (nSPS) is 10.3. The van der Waals surface area contributed by atoms with Crippen LogP contribution >= 0.6 is 15.9 Å². The van der Waals surface area contributed by atoms with Gasteiger partial charge in [0.25, 0.3) is 5.91 Å². The smallest absolute Gasteiger partial charge is 0.341 e. The number of hydrogen-bond donors (Lipinski definition) is 2. The predicted octanol–water partition coefficient (Wildman–Crippen LogP) is 2.79. The van der Waals surface area contributed by atoms with Crippen LogP contribution < -0.4 is 10.1 Å². The summed E-state index contributed by atoms with van der Waals surface area (Å²) >= 11 is 3.19. The molecule has 0 aliphatic carbocycles. The molecule has 1 aromatic carbocycles. The van der Waals surface area contributed by atoms with Crippen molar-refractivity contribution in [1.29, 1.82) is 0 Å². The molecule has 1 heterocycles. The standard InChI is InChI=1S/C16H16BrNO5/c1-10-8-13(17)23-15(10)16(21)18-7-6-11-2-4-12(5-3-11)22-9-14(19)20/h2-5,8H,6-7,9H2,1H3,(H,18,21)(H,19,20). The van der Waals surface area contributed by atoms with Crippen molar-refractivity contribution < 1.29 is 23.8 Å². The second-order valence-corrected chi connectivity index (χ2v) is 5.68. The zero-order valence-corrected chi connectivity index (χ0v) is 14.1. The lowest BCUT2D eigenvalue weighted by Gasteiger charge is -2.06. The number of benzene rings is 1. The highest BCUT2D eigenvalue weighted by atomic mass is 79.9. The highest BCUT2D eigenvalue weighted by Gasteiger charge is 2.14. The van der Waals surface area contributed by atoms with Crippen molar-refractivity contribution >= 4 is 27.8 Å². The van der Waals surface area contributed by atoms with Gasteiger partial charge in [0.2, 0.25) is 0 Å². The Labute approximate surface area is 141 Å². The zero-order chi connectivity index (χ0) is 16.8. The molecule has 7 heteroatoms. The van der Waals surface area contributed by atoms with E-state index in [-0.39, 0.29) is 12.5 Å². The van der Waals surface area contributed by atoms with Crippen LogP contribution in [0.15, 0.2) is 39.4 Å². The maximum absolute atomic E-state index is 12.0. The number of carbonyl (C=O) groups is 2. The van der Waals surface area contributed by atoms with Crippen molar-refractivity contribution in [3.8, 4) is 5.75 Å². The molecular weight excluding hydrogens is 366 g/mol. The van der Waals surface area contributed by atoms with E-state index in [1.54, 1.807) is 25.1 Å². The van der Waals surface area contributed by atoms with Crippen LogP contribution in [0.2, 0.25) is 0 Å². The minimum atomic E-state index is -1.02. The molecule has 0 saturated heterocycles. The number of carbonyl (C=O) groups excluding carboxylic acids is 1. The molecule has 0 radical (unpaired) electrons. The Balaban J connectivity index is 1.81. The van der Waals surface area contributed by atoms with E-state index < -0.39 is 5.97 Å². The van der Waals surface area contributed by atoms with Crippen molar-refractivity contribution in [1.82, 2.24) is 5.32 Å². The third-order valence-corrected chi connectivity index (χ3v) is 3.47. The molecule has 23 heavy (non-hydrogen) atoms. The van der Waals surface area contributed by atoms with Crippen LogP contribution in [0.3, 0.4) is 0 Å². The first kappa shape index (κ1) is 17.1. The highest BCUT2D eigenvalue weighted by Crippen LogP contribution is 2.19. The van der Waals surface area contributed by atoms with Gasteiger partial charge in [0.1, 0.15) is 5.75 Å². The molecule has 1 aromatic heterocycles. The summed E-state index contributed by atoms with van der Waals surface area (Å²) < 4.78 is 10.9. The lowest BCUT2D eigenvalue weighted by atomic mass is 10.1. The number of carboxylic acids is 1. The highest BCUT2D eigenvalue weighted by molar-refractivity contribution is 9.10. The summed E-state index contributed by atoms with van der Waals surface area (Å²) in [5.74, 6) is -0.475. The van der Waals surface area contributed by atoms with E-state index >= 15 is 0 Å². The first-order chi connectivity index (χ1) is 11.0. The van der Waals surface area contributed by atoms with E-state index in [0.717, 1.165) is 11.1 Å². The van der Waals surface area contributed by atoms with Gasteiger partial charge < -0.3 is 19.6 Å². The SMILES string of the molecule is Cc1cc(Br)oc1C(=O)NCCc1ccc(OCC(=O)O)cc1. The summed E-state index contributed by atoms with van der Waals surface area (Å²) in [6.45, 7) is 1.90. The molecule has 0 aliphatic rings. The fourth-order valence-corrected chi connectivity index (χ4v) is 2.47. The fraction of sp³-hybridized carbons (Fsp3) is 0.250. The maximum atomic E-state index is 12.0. The van der Waals surface area contributed by atoms with Crippen molar-refractivity contribution in [2.24, 2.45) is 0 Å². The maximum Gasteiger partial charge on any atom is 0.341 e. The molecular formula is C16H16BrNO5. The van der Waals surface area contributed by atoms with Crippen LogP contribution in [0.1, 0.15) is 21.7 Å². The zero-order valence-electron chi connectivity index (χ0n) is 12.5. The molecule has 2 aromatic rings. The second-order valence-electron chi connectivity index (χ2n) is 4.89. The first-order valence-corrected chi connectivity index (χ1v) is 7.72. The number of carboxylic acid groups (broad SMARTS) is 1. The molecule has 0 bridgehead atoms. The lowest BCUT2D eigenvalue weighted by Crippen LogP contribution is -2.25. The van der Waals surface area contributed by atoms with Crippen LogP contribution in [0.4, 0.5) is 0 Å². The Kier molecular flexibility index (Phi) is 5.81. The third kappa shape index (κ3) is 5.14. The van der Waals surface area contributed by atoms with Crippen LogP contribution in [0.5, 0.6) is 5.75 Å². The Hall–Kier alpha value is -2.28. The topological polar surface area (TPSA) is 88.8 Å². The van der Waals surface area contributed by atoms with Gasteiger partial charge in [-0.2, -0.15) is 0 Å². The van der Waals surface area contributed by atoms with Gasteiger partial charge >= 0.3 is 5.97 Å². The Morgan fingerprint density at radius 1 is 1.30 bits per heavy atom. The monoisotopic (exact) mass is 381 g/mol. The second kappa shape index (κ2) is 7.82. The molecule has 0 spiro atoms. The Bertz CT molecular complexity index is 693. The molecule has 0 saturated carbocycles. The van der Waals surface area contributed by atoms with Crippen LogP contribution in [0, 0.1) is 6.92 Å². The molecule has 0 fully saturated rings. The van der Waals surface area contributed by atoms with Crippen LogP contribution in [-0.2, 0) is 11.2 Å². The summed E-state index contributed by atoms with van der Waals surface area (Å²) in [5, 5.41) is 11.3. The van der Waals surface area contributed by atoms with Gasteiger partial charge in [-0.15, -0.1) is 0 Å². The van der Waals surface area contributed by atoms with E-state index in [2.05, 4.69) is 21.2 Å². The van der Waals surface area contributed by atoms with Gasteiger partial charge in [-0.25, -0.2) is 4.79 Å². The van der Waals surface area contributed by atoms with Gasteiger partial charge in [0, 0.05) is 12.1 Å². The molecule has 0 aliphatic heterocycles. The van der Waals surface area contributed by atoms with E-state index in [1.807, 2.05) is 12.1 Å². The van der Waals surface area contributed by atoms with Crippen molar-refractivity contribution in [2.45, 2.75) is 13.3 Å². The summed E-state index contributed by atoms with van der Waals surface area (Å²) in [4.78, 5) is 22.4. The van der Waals surface area contributed by atoms with Crippen molar-refractivity contribution in [2.75, 3.05) is 13.2 Å². The number of nitrogens with one attached hydrogen (secondary N) is 1. The van der Waals surface area contributed by atoms with E-state index in [0.29, 0.717) is 29.1 Å². The summed E-state index contributed by atoms with van der Waals surface area (Å²) in [5.41, 5.74) is 1.78. The third-order valence-electron chi connectivity index (χ3n) is 3.08. The Morgan fingerprint density at radius 3 is 2.57 bits per heavy atom. The number of ether oxygens (including phenoxy) is 1. The largest absolute Gasteiger partial charge is 0.482 e. The van der Waals surface area contributed by atoms with Crippen LogP contribution in [-0.4, -0.2) is 30.1 Å². The molecule has 1 amide bonds. The quantitative estimate of drug-likeness (QED) is 0.769. The summed E-state index contributed by atoms with van der Waals surface area (Å²) in [7, 11) is 0. The first-order valence-electron chi connectivity index (χ1n) is 6.93. The molecule has 2 rings (SSSR count). The number of amides is 1. The van der Waals surface area contributed by atoms with Gasteiger partial charge in [0.05, 0.1) is 0 Å². The van der Waals surface area contributed by atoms with Crippen LogP contribution in [0.25, 0.3) is 0 Å². The lowest BCUT2D eigenvalue weighted by molar-refractivity contribution is -0.139. The number of halogens is 1. The fourth-order valence-electron chi connectivity index (χ4n) is 1.97. The molecule has 0 unspecified atom stereocenters. The van der Waals surface area contributed by atoms with Gasteiger partial charge in [-0.05, 0) is 53.0 Å². The number of aryl methyl sites for hydroxylation is 1. The average molecular weight is 382 g/mol. The van der Waals surface area contributed by atoms with E-state index in [4.69, 9.17) is 14.3 Å². The van der Waals surface area contributed by atoms with E-state index in [9.17, 15) is 9.59 Å². The molecule has 122 valence electrons. The Morgan fingerprint density at radius 2 is 2.00 bits per heavy atom. The minimum absolute atomic E-state index is 0.255. The molecule has 0 atom stereocenters. The summed E-state index contributed by atoms with van der Waals surface area (Å²) in [6.07, 6.45) is 0.645. The number of hydrogen-bond acceptors (Lipinski definition) is 4. The number of furan rings is 1. The predicted molar refractivity (Wildman–Crippen MR) is 86.8 cm³/mol. The van der Waals surface area contributed by atoms with E-state index in [1.165, 1.54) is 0 Å². The van der Waals surface area contributed by atoms with Crippen molar-refractivity contribution in [3.05, 3.63) is 51.9 Å². The molecule has 6 nitrogen and oxygen atoms in total. The number of rotatable bonds is 7. The molecule has 2 N–H and O–H groups in total. The number of aliphatic carboxylic acids is 1.